The van der Waals surface area contributed by atoms with Crippen molar-refractivity contribution in [1.29, 1.82) is 0 Å². The number of nitrogens with zero attached hydrogens (tertiary/aromatic N) is 1. The smallest absolute Gasteiger partial charge is 0.273 e. The molecule has 23 heavy (non-hydrogen) atoms. The van der Waals surface area contributed by atoms with Gasteiger partial charge in [-0.05, 0) is 17.7 Å². The van der Waals surface area contributed by atoms with Crippen LogP contribution in [0, 0.1) is 5.82 Å². The summed E-state index contributed by atoms with van der Waals surface area (Å²) < 4.78 is 19.1. The summed E-state index contributed by atoms with van der Waals surface area (Å²) in [6, 6.07) is 13.2. The molecule has 2 aromatic rings. The first-order valence-corrected chi connectivity index (χ1v) is 6.96. The van der Waals surface area contributed by atoms with E-state index in [0.29, 0.717) is 11.1 Å². The van der Waals surface area contributed by atoms with E-state index in [1.165, 1.54) is 20.2 Å². The van der Waals surface area contributed by atoms with E-state index < -0.39 is 5.82 Å². The van der Waals surface area contributed by atoms with Crippen LogP contribution in [-0.2, 0) is 16.2 Å². The monoisotopic (exact) mass is 316 g/mol. The molecule has 0 radical (unpaired) electrons. The summed E-state index contributed by atoms with van der Waals surface area (Å²) in [5.74, 6) is -0.681. The second-order valence-corrected chi connectivity index (χ2v) is 4.58. The van der Waals surface area contributed by atoms with E-state index in [0.717, 1.165) is 0 Å². The maximum atomic E-state index is 13.6. The Morgan fingerprint density at radius 3 is 2.57 bits per heavy atom. The number of rotatable bonds is 6. The Morgan fingerprint density at radius 2 is 1.87 bits per heavy atom. The lowest BCUT2D eigenvalue weighted by molar-refractivity contribution is -0.114. The highest BCUT2D eigenvalue weighted by atomic mass is 19.1. The number of para-hydroxylation sites is 1. The van der Waals surface area contributed by atoms with Crippen LogP contribution in [0.25, 0.3) is 0 Å². The van der Waals surface area contributed by atoms with Gasteiger partial charge in [0.25, 0.3) is 5.91 Å². The van der Waals surface area contributed by atoms with E-state index in [1.54, 1.807) is 42.5 Å². The second-order valence-electron chi connectivity index (χ2n) is 4.58. The van der Waals surface area contributed by atoms with E-state index in [-0.39, 0.29) is 24.0 Å². The van der Waals surface area contributed by atoms with Gasteiger partial charge in [-0.2, -0.15) is 0 Å². The molecule has 0 unspecified atom stereocenters. The topological polar surface area (TPSA) is 59.9 Å². The number of ether oxygens (including phenoxy) is 1. The van der Waals surface area contributed by atoms with Crippen LogP contribution < -0.4 is 10.1 Å². The van der Waals surface area contributed by atoms with Crippen molar-refractivity contribution >= 4 is 11.6 Å². The summed E-state index contributed by atoms with van der Waals surface area (Å²) in [7, 11) is 2.87. The molecular weight excluding hydrogens is 299 g/mol. The van der Waals surface area contributed by atoms with Crippen LogP contribution in [-0.4, -0.2) is 25.8 Å². The largest absolute Gasteiger partial charge is 0.486 e. The molecule has 0 spiro atoms. The van der Waals surface area contributed by atoms with Crippen molar-refractivity contribution in [1.82, 2.24) is 5.32 Å². The van der Waals surface area contributed by atoms with E-state index >= 15 is 0 Å². The molecule has 0 aliphatic rings. The minimum atomic E-state index is -0.443. The van der Waals surface area contributed by atoms with E-state index in [2.05, 4.69) is 10.5 Å². The lowest BCUT2D eigenvalue weighted by atomic mass is 10.0. The van der Waals surface area contributed by atoms with Crippen LogP contribution in [0.3, 0.4) is 0 Å². The predicted octanol–water partition coefficient (Wildman–Crippen LogP) is 2.50. The van der Waals surface area contributed by atoms with Gasteiger partial charge in [-0.3, -0.25) is 4.79 Å². The number of amides is 1. The highest BCUT2D eigenvalue weighted by molar-refractivity contribution is 6.45. The molecule has 0 aromatic heterocycles. The number of hydrogen-bond donors (Lipinski definition) is 1. The van der Waals surface area contributed by atoms with Crippen molar-refractivity contribution in [3.63, 3.8) is 0 Å². The molecule has 0 aliphatic carbocycles. The Balaban J connectivity index is 2.28. The molecule has 2 aromatic carbocycles. The van der Waals surface area contributed by atoms with Crippen molar-refractivity contribution < 1.29 is 18.8 Å². The fourth-order valence-corrected chi connectivity index (χ4v) is 2.02. The van der Waals surface area contributed by atoms with Crippen molar-refractivity contribution in [2.45, 2.75) is 6.61 Å². The lowest BCUT2D eigenvalue weighted by Gasteiger charge is -2.12. The molecule has 0 saturated heterocycles. The summed E-state index contributed by atoms with van der Waals surface area (Å²) in [4.78, 5) is 16.7. The van der Waals surface area contributed by atoms with Crippen LogP contribution in [0.5, 0.6) is 5.75 Å². The van der Waals surface area contributed by atoms with E-state index in [4.69, 9.17) is 9.57 Å². The summed E-state index contributed by atoms with van der Waals surface area (Å²) in [5, 5.41) is 6.28. The van der Waals surface area contributed by atoms with Gasteiger partial charge >= 0.3 is 0 Å². The standard InChI is InChI=1S/C17H17FN2O3/c1-19-17(21)16(20-22-2)13-8-4-3-7-12(13)11-23-15-10-6-5-9-14(15)18/h3-10H,11H2,1-2H3,(H,19,21)/b20-16-. The molecule has 5 nitrogen and oxygen atoms in total. The normalized spacial score (nSPS) is 11.0. The summed E-state index contributed by atoms with van der Waals surface area (Å²) >= 11 is 0. The van der Waals surface area contributed by atoms with Gasteiger partial charge in [0.15, 0.2) is 17.3 Å². The molecule has 2 rings (SSSR count). The van der Waals surface area contributed by atoms with Gasteiger partial charge in [0.2, 0.25) is 0 Å². The number of hydrogen-bond acceptors (Lipinski definition) is 4. The zero-order chi connectivity index (χ0) is 16.7. The zero-order valence-corrected chi connectivity index (χ0v) is 12.9. The van der Waals surface area contributed by atoms with Crippen LogP contribution in [0.15, 0.2) is 53.7 Å². The number of nitrogens with one attached hydrogen (secondary N) is 1. The van der Waals surface area contributed by atoms with Gasteiger partial charge in [-0.15, -0.1) is 0 Å². The number of carbonyl (C=O) groups excluding carboxylic acids is 1. The van der Waals surface area contributed by atoms with Crippen LogP contribution >= 0.6 is 0 Å². The van der Waals surface area contributed by atoms with Gasteiger partial charge < -0.3 is 14.9 Å². The molecule has 0 saturated carbocycles. The second kappa shape index (κ2) is 7.93. The van der Waals surface area contributed by atoms with E-state index in [9.17, 15) is 9.18 Å². The minimum absolute atomic E-state index is 0.0941. The van der Waals surface area contributed by atoms with Crippen LogP contribution in [0.1, 0.15) is 11.1 Å². The maximum Gasteiger partial charge on any atom is 0.273 e. The lowest BCUT2D eigenvalue weighted by Crippen LogP contribution is -2.29. The first kappa shape index (κ1) is 16.5. The number of carbonyl (C=O) groups is 1. The first-order valence-electron chi connectivity index (χ1n) is 6.96. The van der Waals surface area contributed by atoms with E-state index in [1.807, 2.05) is 0 Å². The average molecular weight is 316 g/mol. The van der Waals surface area contributed by atoms with Gasteiger partial charge in [0.05, 0.1) is 0 Å². The quantitative estimate of drug-likeness (QED) is 0.658. The molecule has 0 atom stereocenters. The first-order chi connectivity index (χ1) is 11.2. The number of benzene rings is 2. The van der Waals surface area contributed by atoms with Crippen molar-refractivity contribution in [2.75, 3.05) is 14.2 Å². The Kier molecular flexibility index (Phi) is 5.68. The Morgan fingerprint density at radius 1 is 1.17 bits per heavy atom. The fraction of sp³-hybridized carbons (Fsp3) is 0.176. The maximum absolute atomic E-state index is 13.6. The molecule has 0 bridgehead atoms. The summed E-state index contributed by atoms with van der Waals surface area (Å²) in [6.45, 7) is 0.0941. The Labute approximate surface area is 133 Å². The molecule has 0 heterocycles. The summed E-state index contributed by atoms with van der Waals surface area (Å²) in [5.41, 5.74) is 1.38. The third kappa shape index (κ3) is 4.06. The Bertz CT molecular complexity index is 716. The molecule has 1 amide bonds. The molecule has 0 aliphatic heterocycles. The third-order valence-electron chi connectivity index (χ3n) is 3.12. The Hall–Kier alpha value is -2.89. The SMILES string of the molecule is CNC(=O)/C(=N\OC)c1ccccc1COc1ccccc1F. The fourth-order valence-electron chi connectivity index (χ4n) is 2.02. The molecular formula is C17H17FN2O3. The molecule has 0 fully saturated rings. The van der Waals surface area contributed by atoms with Gasteiger partial charge in [0.1, 0.15) is 13.7 Å². The number of oxime groups is 1. The molecule has 1 N–H and O–H groups in total. The third-order valence-corrected chi connectivity index (χ3v) is 3.12. The molecule has 6 heteroatoms. The van der Waals surface area contributed by atoms with Gasteiger partial charge in [0, 0.05) is 12.6 Å². The van der Waals surface area contributed by atoms with Crippen LogP contribution in [0.4, 0.5) is 4.39 Å². The number of halogens is 1. The zero-order valence-electron chi connectivity index (χ0n) is 12.9. The van der Waals surface area contributed by atoms with Crippen molar-refractivity contribution in [2.24, 2.45) is 5.16 Å². The highest BCUT2D eigenvalue weighted by Gasteiger charge is 2.17. The predicted molar refractivity (Wildman–Crippen MR) is 84.8 cm³/mol. The minimum Gasteiger partial charge on any atom is -0.486 e. The van der Waals surface area contributed by atoms with Gasteiger partial charge in [-0.25, -0.2) is 4.39 Å². The van der Waals surface area contributed by atoms with Crippen molar-refractivity contribution in [3.05, 3.63) is 65.5 Å². The highest BCUT2D eigenvalue weighted by Crippen LogP contribution is 2.19. The average Bonchev–Trinajstić information content (AvgIpc) is 2.59. The molecule has 120 valence electrons. The van der Waals surface area contributed by atoms with Crippen molar-refractivity contribution in [3.8, 4) is 5.75 Å². The number of likely N-dealkylation sites (N-methyl/N-ethyl adjacent to an activating group) is 1. The van der Waals surface area contributed by atoms with Gasteiger partial charge in [-0.1, -0.05) is 41.6 Å². The van der Waals surface area contributed by atoms with Crippen LogP contribution in [0.2, 0.25) is 0 Å². The summed E-state index contributed by atoms with van der Waals surface area (Å²) in [6.07, 6.45) is 0.